The molecular formula is C14H20N2O2. The molecule has 0 fully saturated rings. The van der Waals surface area contributed by atoms with Crippen molar-refractivity contribution in [1.29, 1.82) is 0 Å². The van der Waals surface area contributed by atoms with E-state index in [-0.39, 0.29) is 11.8 Å². The molecule has 18 heavy (non-hydrogen) atoms. The molecule has 0 unspecified atom stereocenters. The van der Waals surface area contributed by atoms with Gasteiger partial charge in [0, 0.05) is 12.0 Å². The number of nitrogens with one attached hydrogen (secondary N) is 2. The van der Waals surface area contributed by atoms with Crippen LogP contribution in [-0.4, -0.2) is 11.8 Å². The Morgan fingerprint density at radius 3 is 2.50 bits per heavy atom. The van der Waals surface area contributed by atoms with Crippen molar-refractivity contribution in [3.8, 4) is 0 Å². The number of hydrogen-bond donors (Lipinski definition) is 2. The van der Waals surface area contributed by atoms with Gasteiger partial charge in [0.25, 0.3) is 5.91 Å². The summed E-state index contributed by atoms with van der Waals surface area (Å²) in [5.74, 6) is -0.438. The van der Waals surface area contributed by atoms with Gasteiger partial charge in [0.15, 0.2) is 0 Å². The molecule has 98 valence electrons. The molecule has 0 bridgehead atoms. The molecule has 0 saturated heterocycles. The van der Waals surface area contributed by atoms with Gasteiger partial charge in [-0.15, -0.1) is 0 Å². The number of benzene rings is 1. The Kier molecular flexibility index (Phi) is 5.36. The third kappa shape index (κ3) is 4.20. The van der Waals surface area contributed by atoms with Crippen molar-refractivity contribution < 1.29 is 9.59 Å². The fourth-order valence-corrected chi connectivity index (χ4v) is 1.66. The maximum Gasteiger partial charge on any atom is 0.269 e. The molecule has 0 aliphatic heterocycles. The summed E-state index contributed by atoms with van der Waals surface area (Å²) in [6, 6.07) is 5.58. The van der Waals surface area contributed by atoms with Gasteiger partial charge >= 0.3 is 0 Å². The SMILES string of the molecule is CCCCC(=O)NNC(=O)c1ccc(C)cc1C. The molecular weight excluding hydrogens is 228 g/mol. The van der Waals surface area contributed by atoms with E-state index in [1.807, 2.05) is 32.9 Å². The number of amides is 2. The van der Waals surface area contributed by atoms with Gasteiger partial charge in [-0.05, 0) is 31.9 Å². The summed E-state index contributed by atoms with van der Waals surface area (Å²) < 4.78 is 0. The van der Waals surface area contributed by atoms with E-state index in [1.165, 1.54) is 0 Å². The first kappa shape index (κ1) is 14.2. The minimum Gasteiger partial charge on any atom is -0.273 e. The molecule has 2 amide bonds. The van der Waals surface area contributed by atoms with E-state index < -0.39 is 0 Å². The Morgan fingerprint density at radius 1 is 1.17 bits per heavy atom. The van der Waals surface area contributed by atoms with E-state index >= 15 is 0 Å². The highest BCUT2D eigenvalue weighted by Crippen LogP contribution is 2.09. The van der Waals surface area contributed by atoms with Crippen molar-refractivity contribution >= 4 is 11.8 Å². The summed E-state index contributed by atoms with van der Waals surface area (Å²) in [6.45, 7) is 5.86. The smallest absolute Gasteiger partial charge is 0.269 e. The number of carbonyl (C=O) groups is 2. The van der Waals surface area contributed by atoms with Crippen molar-refractivity contribution in [2.45, 2.75) is 40.0 Å². The third-order valence-corrected chi connectivity index (χ3v) is 2.70. The van der Waals surface area contributed by atoms with Gasteiger partial charge in [-0.2, -0.15) is 0 Å². The molecule has 0 aliphatic rings. The zero-order chi connectivity index (χ0) is 13.5. The van der Waals surface area contributed by atoms with Gasteiger partial charge in [-0.1, -0.05) is 31.0 Å². The molecule has 0 spiro atoms. The van der Waals surface area contributed by atoms with Gasteiger partial charge in [0.1, 0.15) is 0 Å². The van der Waals surface area contributed by atoms with Crippen LogP contribution in [0, 0.1) is 13.8 Å². The average molecular weight is 248 g/mol. The third-order valence-electron chi connectivity index (χ3n) is 2.70. The van der Waals surface area contributed by atoms with Gasteiger partial charge < -0.3 is 0 Å². The predicted octanol–water partition coefficient (Wildman–Crippen LogP) is 2.25. The van der Waals surface area contributed by atoms with E-state index in [1.54, 1.807) is 6.07 Å². The Hall–Kier alpha value is -1.84. The molecule has 0 aromatic heterocycles. The Bertz CT molecular complexity index is 441. The topological polar surface area (TPSA) is 58.2 Å². The summed E-state index contributed by atoms with van der Waals surface area (Å²) in [6.07, 6.45) is 2.22. The molecule has 0 saturated carbocycles. The van der Waals surface area contributed by atoms with Crippen LogP contribution in [0.15, 0.2) is 18.2 Å². The van der Waals surface area contributed by atoms with Crippen molar-refractivity contribution in [1.82, 2.24) is 10.9 Å². The second-order valence-corrected chi connectivity index (χ2v) is 4.42. The number of hydrogen-bond acceptors (Lipinski definition) is 2. The summed E-state index contributed by atoms with van der Waals surface area (Å²) in [5, 5.41) is 0. The number of carbonyl (C=O) groups excluding carboxylic acids is 2. The van der Waals surface area contributed by atoms with Crippen LogP contribution in [0.1, 0.15) is 47.7 Å². The maximum absolute atomic E-state index is 11.8. The Labute approximate surface area is 108 Å². The quantitative estimate of drug-likeness (QED) is 0.803. The van der Waals surface area contributed by atoms with Crippen LogP contribution in [0.2, 0.25) is 0 Å². The van der Waals surface area contributed by atoms with Crippen molar-refractivity contribution in [2.75, 3.05) is 0 Å². The van der Waals surface area contributed by atoms with Crippen molar-refractivity contribution in [3.63, 3.8) is 0 Å². The van der Waals surface area contributed by atoms with E-state index in [0.717, 1.165) is 24.0 Å². The molecule has 0 radical (unpaired) electrons. The minimum absolute atomic E-state index is 0.157. The first-order chi connectivity index (χ1) is 8.54. The molecule has 0 atom stereocenters. The minimum atomic E-state index is -0.280. The lowest BCUT2D eigenvalue weighted by Gasteiger charge is -2.09. The maximum atomic E-state index is 11.8. The lowest BCUT2D eigenvalue weighted by atomic mass is 10.1. The number of aryl methyl sites for hydroxylation is 2. The molecule has 4 nitrogen and oxygen atoms in total. The van der Waals surface area contributed by atoms with Crippen LogP contribution in [0.5, 0.6) is 0 Å². The standard InChI is InChI=1S/C14H20N2O2/c1-4-5-6-13(17)15-16-14(18)12-8-7-10(2)9-11(12)3/h7-9H,4-6H2,1-3H3,(H,15,17)(H,16,18). The van der Waals surface area contributed by atoms with Crippen LogP contribution in [-0.2, 0) is 4.79 Å². The summed E-state index contributed by atoms with van der Waals surface area (Å²) >= 11 is 0. The van der Waals surface area contributed by atoms with Gasteiger partial charge in [-0.25, -0.2) is 0 Å². The molecule has 2 N–H and O–H groups in total. The predicted molar refractivity (Wildman–Crippen MR) is 71.0 cm³/mol. The molecule has 1 aromatic rings. The molecule has 1 aromatic carbocycles. The molecule has 4 heteroatoms. The second-order valence-electron chi connectivity index (χ2n) is 4.42. The van der Waals surface area contributed by atoms with Crippen molar-refractivity contribution in [3.05, 3.63) is 34.9 Å². The first-order valence-electron chi connectivity index (χ1n) is 6.21. The van der Waals surface area contributed by atoms with E-state index in [2.05, 4.69) is 10.9 Å². The summed E-state index contributed by atoms with van der Waals surface area (Å²) in [5.41, 5.74) is 7.43. The summed E-state index contributed by atoms with van der Waals surface area (Å²) in [4.78, 5) is 23.2. The first-order valence-corrected chi connectivity index (χ1v) is 6.21. The monoisotopic (exact) mass is 248 g/mol. The molecule has 1 rings (SSSR count). The van der Waals surface area contributed by atoms with Crippen LogP contribution >= 0.6 is 0 Å². The second kappa shape index (κ2) is 6.79. The van der Waals surface area contributed by atoms with Crippen LogP contribution in [0.25, 0.3) is 0 Å². The highest BCUT2D eigenvalue weighted by Gasteiger charge is 2.09. The lowest BCUT2D eigenvalue weighted by Crippen LogP contribution is -2.41. The van der Waals surface area contributed by atoms with Crippen LogP contribution in [0.4, 0.5) is 0 Å². The number of hydrazine groups is 1. The van der Waals surface area contributed by atoms with Crippen LogP contribution < -0.4 is 10.9 Å². The molecule has 0 aliphatic carbocycles. The lowest BCUT2D eigenvalue weighted by molar-refractivity contribution is -0.121. The Morgan fingerprint density at radius 2 is 1.89 bits per heavy atom. The van der Waals surface area contributed by atoms with Gasteiger partial charge in [0.05, 0.1) is 0 Å². The number of rotatable bonds is 4. The zero-order valence-corrected chi connectivity index (χ0v) is 11.2. The van der Waals surface area contributed by atoms with E-state index in [9.17, 15) is 9.59 Å². The fourth-order valence-electron chi connectivity index (χ4n) is 1.66. The highest BCUT2D eigenvalue weighted by molar-refractivity contribution is 5.96. The van der Waals surface area contributed by atoms with E-state index in [0.29, 0.717) is 12.0 Å². The van der Waals surface area contributed by atoms with Crippen molar-refractivity contribution in [2.24, 2.45) is 0 Å². The molecule has 0 heterocycles. The highest BCUT2D eigenvalue weighted by atomic mass is 16.2. The van der Waals surface area contributed by atoms with Crippen LogP contribution in [0.3, 0.4) is 0 Å². The van der Waals surface area contributed by atoms with E-state index in [4.69, 9.17) is 0 Å². The zero-order valence-electron chi connectivity index (χ0n) is 11.2. The Balaban J connectivity index is 2.53. The largest absolute Gasteiger partial charge is 0.273 e. The average Bonchev–Trinajstić information content (AvgIpc) is 2.33. The normalized spacial score (nSPS) is 9.94. The van der Waals surface area contributed by atoms with Gasteiger partial charge in [-0.3, -0.25) is 20.4 Å². The summed E-state index contributed by atoms with van der Waals surface area (Å²) in [7, 11) is 0. The van der Waals surface area contributed by atoms with Gasteiger partial charge in [0.2, 0.25) is 5.91 Å². The fraction of sp³-hybridized carbons (Fsp3) is 0.429. The number of unbranched alkanes of at least 4 members (excludes halogenated alkanes) is 1.